The van der Waals surface area contributed by atoms with Gasteiger partial charge in [0.2, 0.25) is 0 Å². The number of carbonyl (C=O) groups excluding carboxylic acids is 1. The number of hydrogen-bond acceptors (Lipinski definition) is 4. The molecule has 7 nitrogen and oxygen atoms in total. The van der Waals surface area contributed by atoms with Crippen molar-refractivity contribution in [2.45, 2.75) is 11.3 Å². The van der Waals surface area contributed by atoms with E-state index in [1.807, 2.05) is 30.3 Å². The average Bonchev–Trinajstić information content (AvgIpc) is 2.74. The fraction of sp³-hybridized carbons (Fsp3) is 0.0909. The molecule has 154 valence electrons. The van der Waals surface area contributed by atoms with Crippen LogP contribution in [0.15, 0.2) is 83.8 Å². The van der Waals surface area contributed by atoms with Gasteiger partial charge in [0.15, 0.2) is 0 Å². The molecule has 0 saturated carbocycles. The van der Waals surface area contributed by atoms with Gasteiger partial charge in [-0.1, -0.05) is 42.5 Å². The monoisotopic (exact) mass is 424 g/mol. The third kappa shape index (κ3) is 5.24. The predicted octanol–water partition coefficient (Wildman–Crippen LogP) is 3.16. The lowest BCUT2D eigenvalue weighted by Gasteiger charge is -2.11. The highest BCUT2D eigenvalue weighted by Crippen LogP contribution is 2.20. The first-order chi connectivity index (χ1) is 14.4. The second-order valence-corrected chi connectivity index (χ2v) is 8.15. The molecule has 0 heterocycles. The average molecular weight is 424 g/mol. The number of amides is 1. The molecule has 0 aromatic heterocycles. The van der Waals surface area contributed by atoms with Crippen LogP contribution in [0.2, 0.25) is 0 Å². The summed E-state index contributed by atoms with van der Waals surface area (Å²) >= 11 is 0. The number of anilines is 1. The lowest BCUT2D eigenvalue weighted by atomic mass is 10.1. The zero-order valence-electron chi connectivity index (χ0n) is 15.9. The molecule has 0 aliphatic heterocycles. The Bertz CT molecular complexity index is 1140. The minimum absolute atomic E-state index is 0.0345. The van der Waals surface area contributed by atoms with E-state index in [-0.39, 0.29) is 22.1 Å². The number of para-hydroxylation sites is 1. The number of carboxylic acid groups (broad SMARTS) is 1. The van der Waals surface area contributed by atoms with E-state index in [1.165, 1.54) is 48.5 Å². The van der Waals surface area contributed by atoms with Crippen LogP contribution < -0.4 is 10.0 Å². The summed E-state index contributed by atoms with van der Waals surface area (Å²) in [6.07, 6.45) is 0.686. The van der Waals surface area contributed by atoms with Gasteiger partial charge in [0, 0.05) is 12.1 Å². The molecular formula is C22H20N2O5S. The number of hydrogen-bond donors (Lipinski definition) is 3. The molecule has 0 fully saturated rings. The minimum atomic E-state index is -4.01. The summed E-state index contributed by atoms with van der Waals surface area (Å²) in [5.41, 5.74) is 1.24. The SMILES string of the molecule is O=C(NCCc1ccccc1)c1ccc(S(=O)(=O)Nc2ccccc2C(=O)O)cc1. The van der Waals surface area contributed by atoms with Gasteiger partial charge in [-0.3, -0.25) is 9.52 Å². The van der Waals surface area contributed by atoms with Crippen LogP contribution in [0.4, 0.5) is 5.69 Å². The van der Waals surface area contributed by atoms with E-state index in [2.05, 4.69) is 10.0 Å². The third-order valence-electron chi connectivity index (χ3n) is 4.37. The molecule has 0 saturated heterocycles. The Balaban J connectivity index is 1.65. The van der Waals surface area contributed by atoms with Crippen LogP contribution in [0.1, 0.15) is 26.3 Å². The molecule has 0 radical (unpaired) electrons. The number of sulfonamides is 1. The quantitative estimate of drug-likeness (QED) is 0.514. The minimum Gasteiger partial charge on any atom is -0.478 e. The van der Waals surface area contributed by atoms with Crippen molar-refractivity contribution in [2.75, 3.05) is 11.3 Å². The molecule has 0 atom stereocenters. The highest BCUT2D eigenvalue weighted by Gasteiger charge is 2.18. The van der Waals surface area contributed by atoms with E-state index in [9.17, 15) is 23.1 Å². The maximum atomic E-state index is 12.6. The fourth-order valence-electron chi connectivity index (χ4n) is 2.81. The number of carbonyl (C=O) groups is 2. The van der Waals surface area contributed by atoms with Crippen LogP contribution in [0.25, 0.3) is 0 Å². The van der Waals surface area contributed by atoms with E-state index >= 15 is 0 Å². The van der Waals surface area contributed by atoms with Gasteiger partial charge in [0.1, 0.15) is 0 Å². The van der Waals surface area contributed by atoms with Gasteiger partial charge >= 0.3 is 5.97 Å². The molecule has 0 spiro atoms. The van der Waals surface area contributed by atoms with Crippen LogP contribution in [0, 0.1) is 0 Å². The molecule has 3 N–H and O–H groups in total. The van der Waals surface area contributed by atoms with Crippen molar-refractivity contribution in [1.29, 1.82) is 0 Å². The summed E-state index contributed by atoms with van der Waals surface area (Å²) in [5, 5.41) is 12.0. The molecule has 8 heteroatoms. The second-order valence-electron chi connectivity index (χ2n) is 6.47. The molecule has 0 bridgehead atoms. The largest absolute Gasteiger partial charge is 0.478 e. The van der Waals surface area contributed by atoms with E-state index in [4.69, 9.17) is 0 Å². The first kappa shape index (κ1) is 21.1. The van der Waals surface area contributed by atoms with Crippen molar-refractivity contribution >= 4 is 27.6 Å². The Morgan fingerprint density at radius 2 is 1.47 bits per heavy atom. The number of aromatic carboxylic acids is 1. The Labute approximate surface area is 174 Å². The number of rotatable bonds is 8. The van der Waals surface area contributed by atoms with Gasteiger partial charge in [-0.25, -0.2) is 13.2 Å². The smallest absolute Gasteiger partial charge is 0.337 e. The summed E-state index contributed by atoms with van der Waals surface area (Å²) in [6, 6.07) is 20.9. The lowest BCUT2D eigenvalue weighted by molar-refractivity contribution is 0.0697. The molecule has 3 aromatic rings. The van der Waals surface area contributed by atoms with Gasteiger partial charge in [-0.2, -0.15) is 0 Å². The fourth-order valence-corrected chi connectivity index (χ4v) is 3.89. The maximum absolute atomic E-state index is 12.6. The highest BCUT2D eigenvalue weighted by molar-refractivity contribution is 7.92. The van der Waals surface area contributed by atoms with Crippen LogP contribution in [0.5, 0.6) is 0 Å². The first-order valence-electron chi connectivity index (χ1n) is 9.14. The maximum Gasteiger partial charge on any atom is 0.337 e. The molecule has 3 rings (SSSR count). The van der Waals surface area contributed by atoms with Gasteiger partial charge in [-0.15, -0.1) is 0 Å². The molecule has 3 aromatic carbocycles. The van der Waals surface area contributed by atoms with Gasteiger partial charge in [-0.05, 0) is 48.4 Å². The second kappa shape index (κ2) is 9.23. The molecule has 1 amide bonds. The molecule has 0 aliphatic carbocycles. The van der Waals surface area contributed by atoms with Crippen molar-refractivity contribution in [3.63, 3.8) is 0 Å². The zero-order chi connectivity index (χ0) is 21.6. The normalized spacial score (nSPS) is 10.9. The lowest BCUT2D eigenvalue weighted by Crippen LogP contribution is -2.25. The molecule has 0 unspecified atom stereocenters. The Morgan fingerprint density at radius 1 is 0.833 bits per heavy atom. The first-order valence-corrected chi connectivity index (χ1v) is 10.6. The number of carboxylic acids is 1. The summed E-state index contributed by atoms with van der Waals surface area (Å²) < 4.78 is 27.4. The summed E-state index contributed by atoms with van der Waals surface area (Å²) in [6.45, 7) is 0.455. The van der Waals surface area contributed by atoms with Crippen LogP contribution in [-0.4, -0.2) is 31.9 Å². The van der Waals surface area contributed by atoms with Crippen LogP contribution >= 0.6 is 0 Å². The van der Waals surface area contributed by atoms with Crippen molar-refractivity contribution in [1.82, 2.24) is 5.32 Å². The number of benzene rings is 3. The van der Waals surface area contributed by atoms with Crippen molar-refractivity contribution in [3.05, 3.63) is 95.6 Å². The van der Waals surface area contributed by atoms with Crippen LogP contribution in [0.3, 0.4) is 0 Å². The zero-order valence-corrected chi connectivity index (χ0v) is 16.7. The van der Waals surface area contributed by atoms with Crippen molar-refractivity contribution < 1.29 is 23.1 Å². The Kier molecular flexibility index (Phi) is 6.48. The topological polar surface area (TPSA) is 113 Å². The van der Waals surface area contributed by atoms with Crippen LogP contribution in [-0.2, 0) is 16.4 Å². The summed E-state index contributed by atoms with van der Waals surface area (Å²) in [4.78, 5) is 23.4. The number of nitrogens with one attached hydrogen (secondary N) is 2. The van der Waals surface area contributed by atoms with E-state index in [0.29, 0.717) is 18.5 Å². The van der Waals surface area contributed by atoms with E-state index in [0.717, 1.165) is 5.56 Å². The van der Waals surface area contributed by atoms with Crippen molar-refractivity contribution in [2.24, 2.45) is 0 Å². The predicted molar refractivity (Wildman–Crippen MR) is 113 cm³/mol. The third-order valence-corrected chi connectivity index (χ3v) is 5.75. The van der Waals surface area contributed by atoms with E-state index in [1.54, 1.807) is 0 Å². The summed E-state index contributed by atoms with van der Waals surface area (Å²) in [7, 11) is -4.01. The summed E-state index contributed by atoms with van der Waals surface area (Å²) in [5.74, 6) is -1.55. The highest BCUT2D eigenvalue weighted by atomic mass is 32.2. The molecule has 0 aliphatic rings. The Morgan fingerprint density at radius 3 is 2.13 bits per heavy atom. The Hall–Kier alpha value is -3.65. The van der Waals surface area contributed by atoms with Gasteiger partial charge in [0.05, 0.1) is 16.1 Å². The van der Waals surface area contributed by atoms with Crippen molar-refractivity contribution in [3.8, 4) is 0 Å². The van der Waals surface area contributed by atoms with E-state index < -0.39 is 16.0 Å². The van der Waals surface area contributed by atoms with Gasteiger partial charge in [0.25, 0.3) is 15.9 Å². The molecular weight excluding hydrogens is 404 g/mol. The standard InChI is InChI=1S/C22H20N2O5S/c25-21(23-15-14-16-6-2-1-3-7-16)17-10-12-18(13-11-17)30(28,29)24-20-9-5-4-8-19(20)22(26)27/h1-13,24H,14-15H2,(H,23,25)(H,26,27). The molecule has 30 heavy (non-hydrogen) atoms. The van der Waals surface area contributed by atoms with Gasteiger partial charge < -0.3 is 10.4 Å².